The van der Waals surface area contributed by atoms with E-state index < -0.39 is 12.0 Å². The number of carbonyl (C=O) groups is 2. The zero-order valence-electron chi connectivity index (χ0n) is 15.3. The SMILES string of the molecule is COCCCNC(=O)c1ccccc1NC(=O)[C@H](C)Oc1ccc(F)cc1. The highest BCUT2D eigenvalue weighted by molar-refractivity contribution is 6.04. The van der Waals surface area contributed by atoms with Gasteiger partial charge in [0.2, 0.25) is 0 Å². The van der Waals surface area contributed by atoms with Gasteiger partial charge in [0.05, 0.1) is 11.3 Å². The molecule has 0 aromatic heterocycles. The molecule has 7 heteroatoms. The molecule has 0 aliphatic heterocycles. The van der Waals surface area contributed by atoms with Crippen LogP contribution in [0.15, 0.2) is 48.5 Å². The van der Waals surface area contributed by atoms with Crippen LogP contribution >= 0.6 is 0 Å². The van der Waals surface area contributed by atoms with Gasteiger partial charge in [0.1, 0.15) is 11.6 Å². The molecule has 0 bridgehead atoms. The molecular weight excluding hydrogens is 351 g/mol. The molecule has 1 atom stereocenters. The highest BCUT2D eigenvalue weighted by atomic mass is 19.1. The Balaban J connectivity index is 1.98. The van der Waals surface area contributed by atoms with Crippen LogP contribution in [0.5, 0.6) is 5.75 Å². The van der Waals surface area contributed by atoms with Gasteiger partial charge in [-0.15, -0.1) is 0 Å². The molecule has 0 aliphatic rings. The van der Waals surface area contributed by atoms with E-state index in [4.69, 9.17) is 9.47 Å². The number of hydrogen-bond donors (Lipinski definition) is 2. The summed E-state index contributed by atoms with van der Waals surface area (Å²) in [6.07, 6.45) is -0.132. The van der Waals surface area contributed by atoms with Gasteiger partial charge in [-0.2, -0.15) is 0 Å². The second-order valence-electron chi connectivity index (χ2n) is 5.85. The van der Waals surface area contributed by atoms with E-state index in [9.17, 15) is 14.0 Å². The summed E-state index contributed by atoms with van der Waals surface area (Å²) in [5.41, 5.74) is 0.749. The number of methoxy groups -OCH3 is 1. The van der Waals surface area contributed by atoms with Crippen molar-refractivity contribution in [3.8, 4) is 5.75 Å². The lowest BCUT2D eigenvalue weighted by molar-refractivity contribution is -0.122. The maximum atomic E-state index is 12.9. The third-order valence-corrected chi connectivity index (χ3v) is 3.74. The Labute approximate surface area is 157 Å². The summed E-state index contributed by atoms with van der Waals surface area (Å²) in [5.74, 6) is -0.707. The Morgan fingerprint density at radius 2 is 1.81 bits per heavy atom. The van der Waals surface area contributed by atoms with Crippen molar-refractivity contribution in [2.45, 2.75) is 19.4 Å². The van der Waals surface area contributed by atoms with Crippen LogP contribution < -0.4 is 15.4 Å². The number of rotatable bonds is 9. The first-order valence-electron chi connectivity index (χ1n) is 8.60. The van der Waals surface area contributed by atoms with Gasteiger partial charge in [-0.25, -0.2) is 4.39 Å². The quantitative estimate of drug-likeness (QED) is 0.662. The average molecular weight is 374 g/mol. The number of halogens is 1. The fourth-order valence-electron chi connectivity index (χ4n) is 2.31. The highest BCUT2D eigenvalue weighted by Crippen LogP contribution is 2.17. The number of benzene rings is 2. The van der Waals surface area contributed by atoms with Gasteiger partial charge in [0.25, 0.3) is 11.8 Å². The molecule has 0 radical (unpaired) electrons. The molecule has 0 fully saturated rings. The summed E-state index contributed by atoms with van der Waals surface area (Å²) >= 11 is 0. The first-order chi connectivity index (χ1) is 13.0. The fourth-order valence-corrected chi connectivity index (χ4v) is 2.31. The van der Waals surface area contributed by atoms with Crippen LogP contribution in [0.3, 0.4) is 0 Å². The average Bonchev–Trinajstić information content (AvgIpc) is 2.67. The maximum absolute atomic E-state index is 12.9. The molecule has 2 N–H and O–H groups in total. The molecule has 6 nitrogen and oxygen atoms in total. The number of ether oxygens (including phenoxy) is 2. The molecule has 2 aromatic rings. The minimum Gasteiger partial charge on any atom is -0.481 e. The van der Waals surface area contributed by atoms with Crippen molar-refractivity contribution in [2.75, 3.05) is 25.6 Å². The molecule has 0 spiro atoms. The van der Waals surface area contributed by atoms with Crippen LogP contribution in [0.1, 0.15) is 23.7 Å². The summed E-state index contributed by atoms with van der Waals surface area (Å²) in [7, 11) is 1.60. The van der Waals surface area contributed by atoms with Crippen LogP contribution in [0.25, 0.3) is 0 Å². The van der Waals surface area contributed by atoms with E-state index in [-0.39, 0.29) is 11.7 Å². The van der Waals surface area contributed by atoms with Gasteiger partial charge >= 0.3 is 0 Å². The van der Waals surface area contributed by atoms with Gasteiger partial charge in [-0.05, 0) is 49.7 Å². The molecule has 2 amide bonds. The normalized spacial score (nSPS) is 11.5. The van der Waals surface area contributed by atoms with Crippen molar-refractivity contribution >= 4 is 17.5 Å². The molecule has 0 heterocycles. The van der Waals surface area contributed by atoms with E-state index in [2.05, 4.69) is 10.6 Å². The van der Waals surface area contributed by atoms with Crippen molar-refractivity contribution in [3.05, 3.63) is 59.9 Å². The second-order valence-corrected chi connectivity index (χ2v) is 5.85. The molecule has 2 aromatic carbocycles. The Bertz CT molecular complexity index is 765. The third kappa shape index (κ3) is 6.38. The first kappa shape index (κ1) is 20.4. The predicted octanol–water partition coefficient (Wildman–Crippen LogP) is 3.00. The molecule has 2 rings (SSSR count). The summed E-state index contributed by atoms with van der Waals surface area (Å²) in [5, 5.41) is 5.49. The monoisotopic (exact) mass is 374 g/mol. The van der Waals surface area contributed by atoms with Crippen molar-refractivity contribution in [1.29, 1.82) is 0 Å². The van der Waals surface area contributed by atoms with Crippen LogP contribution in [-0.2, 0) is 9.53 Å². The van der Waals surface area contributed by atoms with Gasteiger partial charge in [-0.3, -0.25) is 9.59 Å². The molecule has 0 saturated heterocycles. The topological polar surface area (TPSA) is 76.7 Å². The zero-order valence-corrected chi connectivity index (χ0v) is 15.3. The number of carbonyl (C=O) groups excluding carboxylic acids is 2. The highest BCUT2D eigenvalue weighted by Gasteiger charge is 2.18. The predicted molar refractivity (Wildman–Crippen MR) is 100 cm³/mol. The third-order valence-electron chi connectivity index (χ3n) is 3.74. The van der Waals surface area contributed by atoms with Gasteiger partial charge in [0.15, 0.2) is 6.10 Å². The molecule has 0 aliphatic carbocycles. The van der Waals surface area contributed by atoms with Crippen molar-refractivity contribution in [2.24, 2.45) is 0 Å². The standard InChI is InChI=1S/C20H23FN2O4/c1-14(27-16-10-8-15(21)9-11-16)19(24)23-18-7-4-3-6-17(18)20(25)22-12-5-13-26-2/h3-4,6-11,14H,5,12-13H2,1-2H3,(H,22,25)(H,23,24)/t14-/m0/s1. The van der Waals surface area contributed by atoms with E-state index in [1.807, 2.05) is 0 Å². The van der Waals surface area contributed by atoms with E-state index >= 15 is 0 Å². The van der Waals surface area contributed by atoms with Crippen molar-refractivity contribution in [3.63, 3.8) is 0 Å². The van der Waals surface area contributed by atoms with E-state index in [1.165, 1.54) is 24.3 Å². The first-order valence-corrected chi connectivity index (χ1v) is 8.60. The lowest BCUT2D eigenvalue weighted by Crippen LogP contribution is -2.32. The number of amides is 2. The van der Waals surface area contributed by atoms with Crippen LogP contribution in [-0.4, -0.2) is 38.2 Å². The molecule has 0 saturated carbocycles. The van der Waals surface area contributed by atoms with Gasteiger partial charge in [0, 0.05) is 20.3 Å². The number of para-hydroxylation sites is 1. The zero-order chi connectivity index (χ0) is 19.6. The summed E-state index contributed by atoms with van der Waals surface area (Å²) in [4.78, 5) is 24.7. The smallest absolute Gasteiger partial charge is 0.265 e. The minimum atomic E-state index is -0.826. The van der Waals surface area contributed by atoms with E-state index in [0.29, 0.717) is 36.6 Å². The number of hydrogen-bond acceptors (Lipinski definition) is 4. The summed E-state index contributed by atoms with van der Waals surface area (Å²) in [6, 6.07) is 12.1. The Hall–Kier alpha value is -2.93. The second kappa shape index (κ2) is 10.3. The van der Waals surface area contributed by atoms with Gasteiger partial charge < -0.3 is 20.1 Å². The van der Waals surface area contributed by atoms with Gasteiger partial charge in [-0.1, -0.05) is 12.1 Å². The summed E-state index contributed by atoms with van der Waals surface area (Å²) < 4.78 is 23.4. The summed E-state index contributed by atoms with van der Waals surface area (Å²) in [6.45, 7) is 2.60. The Morgan fingerprint density at radius 3 is 2.52 bits per heavy atom. The molecule has 0 unspecified atom stereocenters. The Kier molecular flexibility index (Phi) is 7.76. The van der Waals surface area contributed by atoms with E-state index in [1.54, 1.807) is 38.3 Å². The largest absolute Gasteiger partial charge is 0.481 e. The number of anilines is 1. The van der Waals surface area contributed by atoms with Crippen LogP contribution in [0.4, 0.5) is 10.1 Å². The fraction of sp³-hybridized carbons (Fsp3) is 0.300. The van der Waals surface area contributed by atoms with Crippen molar-refractivity contribution < 1.29 is 23.5 Å². The molecular formula is C20H23FN2O4. The lowest BCUT2D eigenvalue weighted by atomic mass is 10.1. The maximum Gasteiger partial charge on any atom is 0.265 e. The van der Waals surface area contributed by atoms with Crippen molar-refractivity contribution in [1.82, 2.24) is 5.32 Å². The number of nitrogens with one attached hydrogen (secondary N) is 2. The van der Waals surface area contributed by atoms with Crippen LogP contribution in [0.2, 0.25) is 0 Å². The minimum absolute atomic E-state index is 0.283. The van der Waals surface area contributed by atoms with E-state index in [0.717, 1.165) is 0 Å². The lowest BCUT2D eigenvalue weighted by Gasteiger charge is -2.16. The van der Waals surface area contributed by atoms with Crippen LogP contribution in [0, 0.1) is 5.82 Å². The molecule has 144 valence electrons. The molecule has 27 heavy (non-hydrogen) atoms. The Morgan fingerprint density at radius 1 is 1.11 bits per heavy atom.